The number of nitrogens with one attached hydrogen (secondary N) is 1. The molecule has 2 aromatic carbocycles. The number of rotatable bonds is 8. The molecule has 8 nitrogen and oxygen atoms in total. The van der Waals surface area contributed by atoms with Crippen LogP contribution in [0.5, 0.6) is 0 Å². The average molecular weight is 447 g/mol. The van der Waals surface area contributed by atoms with Gasteiger partial charge in [-0.2, -0.15) is 0 Å². The van der Waals surface area contributed by atoms with E-state index in [1.807, 2.05) is 24.3 Å². The number of aromatic nitrogens is 3. The van der Waals surface area contributed by atoms with Crippen LogP contribution in [0, 0.1) is 5.82 Å². The molecule has 0 saturated heterocycles. The zero-order chi connectivity index (χ0) is 22.8. The molecule has 1 aliphatic rings. The van der Waals surface area contributed by atoms with Gasteiger partial charge in [0.25, 0.3) is 0 Å². The predicted molar refractivity (Wildman–Crippen MR) is 117 cm³/mol. The van der Waals surface area contributed by atoms with Crippen molar-refractivity contribution in [3.8, 4) is 0 Å². The van der Waals surface area contributed by atoms with Crippen LogP contribution in [0.2, 0.25) is 0 Å². The van der Waals surface area contributed by atoms with Crippen molar-refractivity contribution in [3.63, 3.8) is 0 Å². The molecule has 4 aromatic rings. The third kappa shape index (κ3) is 4.48. The molecule has 2 amide bonds. The Morgan fingerprint density at radius 2 is 1.91 bits per heavy atom. The zero-order valence-corrected chi connectivity index (χ0v) is 17.7. The van der Waals surface area contributed by atoms with Gasteiger partial charge in [-0.1, -0.05) is 29.5 Å². The summed E-state index contributed by atoms with van der Waals surface area (Å²) in [5.74, 6) is -0.427. The maximum absolute atomic E-state index is 13.6. The molecule has 5 rings (SSSR count). The number of furan rings is 1. The van der Waals surface area contributed by atoms with Crippen molar-refractivity contribution in [2.24, 2.45) is 0 Å². The number of amides is 2. The fourth-order valence-electron chi connectivity index (χ4n) is 3.92. The first-order valence-electron chi connectivity index (χ1n) is 10.7. The molecule has 0 radical (unpaired) electrons. The quantitative estimate of drug-likeness (QED) is 0.448. The molecule has 1 aliphatic carbocycles. The molecule has 1 atom stereocenters. The van der Waals surface area contributed by atoms with Gasteiger partial charge in [0.2, 0.25) is 11.8 Å². The van der Waals surface area contributed by atoms with E-state index in [2.05, 4.69) is 15.6 Å². The smallest absolute Gasteiger partial charge is 0.247 e. The number of hydrogen-bond donors (Lipinski definition) is 1. The Kier molecular flexibility index (Phi) is 5.60. The highest BCUT2D eigenvalue weighted by atomic mass is 19.1. The number of hydrogen-bond acceptors (Lipinski definition) is 5. The van der Waals surface area contributed by atoms with Gasteiger partial charge in [0.05, 0.1) is 18.3 Å². The average Bonchev–Trinajstić information content (AvgIpc) is 3.36. The number of fused-ring (bicyclic) bond motifs is 1. The van der Waals surface area contributed by atoms with E-state index in [-0.39, 0.29) is 30.9 Å². The first-order chi connectivity index (χ1) is 16.1. The van der Waals surface area contributed by atoms with Crippen LogP contribution in [0.25, 0.3) is 11.0 Å². The molecule has 1 fully saturated rings. The normalized spacial score (nSPS) is 14.2. The van der Waals surface area contributed by atoms with Crippen LogP contribution in [0.15, 0.2) is 71.3 Å². The van der Waals surface area contributed by atoms with E-state index in [1.165, 1.54) is 23.1 Å². The van der Waals surface area contributed by atoms with Crippen LogP contribution in [0.4, 0.5) is 4.39 Å². The Labute approximate surface area is 189 Å². The molecule has 2 aromatic heterocycles. The van der Waals surface area contributed by atoms with E-state index < -0.39 is 11.9 Å². The van der Waals surface area contributed by atoms with Crippen molar-refractivity contribution < 1.29 is 18.4 Å². The summed E-state index contributed by atoms with van der Waals surface area (Å²) < 4.78 is 20.4. The summed E-state index contributed by atoms with van der Waals surface area (Å²) in [7, 11) is 0. The molecule has 1 unspecified atom stereocenters. The first kappa shape index (κ1) is 20.9. The minimum atomic E-state index is -0.907. The second-order valence-electron chi connectivity index (χ2n) is 8.02. The van der Waals surface area contributed by atoms with Crippen LogP contribution in [-0.4, -0.2) is 37.7 Å². The minimum absolute atomic E-state index is 0.0554. The summed E-state index contributed by atoms with van der Waals surface area (Å²) in [5, 5.41) is 11.1. The van der Waals surface area contributed by atoms with Crippen molar-refractivity contribution in [1.29, 1.82) is 0 Å². The molecule has 2 heterocycles. The van der Waals surface area contributed by atoms with Gasteiger partial charge in [0, 0.05) is 6.04 Å². The molecule has 33 heavy (non-hydrogen) atoms. The van der Waals surface area contributed by atoms with Crippen molar-refractivity contribution in [3.05, 3.63) is 84.1 Å². The first-order valence-corrected chi connectivity index (χ1v) is 10.7. The third-order valence-corrected chi connectivity index (χ3v) is 5.66. The minimum Gasteiger partial charge on any atom is -0.467 e. The fourth-order valence-corrected chi connectivity index (χ4v) is 3.92. The van der Waals surface area contributed by atoms with E-state index in [4.69, 9.17) is 4.42 Å². The van der Waals surface area contributed by atoms with Crippen LogP contribution in [-0.2, 0) is 22.7 Å². The van der Waals surface area contributed by atoms with Gasteiger partial charge < -0.3 is 14.6 Å². The number of nitrogens with zero attached hydrogens (tertiary/aromatic N) is 4. The SMILES string of the molecule is O=C(NCc1ccco1)C(c1ccc(F)cc1)N(C(=O)Cn1nnc2ccccc21)C1CC1. The van der Waals surface area contributed by atoms with Gasteiger partial charge in [-0.15, -0.1) is 5.10 Å². The maximum Gasteiger partial charge on any atom is 0.247 e. The van der Waals surface area contributed by atoms with Crippen LogP contribution in [0.1, 0.15) is 30.2 Å². The summed E-state index contributed by atoms with van der Waals surface area (Å²) in [5.41, 5.74) is 1.97. The number of benzene rings is 2. The second-order valence-corrected chi connectivity index (χ2v) is 8.02. The monoisotopic (exact) mass is 447 g/mol. The molecule has 1 N–H and O–H groups in total. The summed E-state index contributed by atoms with van der Waals surface area (Å²) in [6, 6.07) is 15.6. The molecule has 0 aliphatic heterocycles. The predicted octanol–water partition coefficient (Wildman–Crippen LogP) is 3.21. The molecular formula is C24H22FN5O3. The van der Waals surface area contributed by atoms with Crippen LogP contribution in [0.3, 0.4) is 0 Å². The molecule has 0 spiro atoms. The topological polar surface area (TPSA) is 93.3 Å². The molecule has 9 heteroatoms. The van der Waals surface area contributed by atoms with E-state index in [1.54, 1.807) is 29.2 Å². The third-order valence-electron chi connectivity index (χ3n) is 5.66. The molecule has 1 saturated carbocycles. The number of carbonyl (C=O) groups is 2. The highest BCUT2D eigenvalue weighted by Gasteiger charge is 2.41. The molecular weight excluding hydrogens is 425 g/mol. The summed E-state index contributed by atoms with van der Waals surface area (Å²) in [6.45, 7) is 0.129. The lowest BCUT2D eigenvalue weighted by atomic mass is 10.0. The van der Waals surface area contributed by atoms with E-state index >= 15 is 0 Å². The van der Waals surface area contributed by atoms with Gasteiger partial charge in [-0.3, -0.25) is 9.59 Å². The molecule has 168 valence electrons. The van der Waals surface area contributed by atoms with Gasteiger partial charge >= 0.3 is 0 Å². The second kappa shape index (κ2) is 8.85. The van der Waals surface area contributed by atoms with Gasteiger partial charge in [0.15, 0.2) is 0 Å². The Bertz CT molecular complexity index is 1270. The van der Waals surface area contributed by atoms with Gasteiger partial charge in [0.1, 0.15) is 29.7 Å². The Morgan fingerprint density at radius 3 is 2.64 bits per heavy atom. The van der Waals surface area contributed by atoms with Crippen molar-refractivity contribution in [2.75, 3.05) is 0 Å². The number of halogens is 1. The maximum atomic E-state index is 13.6. The Balaban J connectivity index is 1.44. The Morgan fingerprint density at radius 1 is 1.12 bits per heavy atom. The van der Waals surface area contributed by atoms with E-state index in [0.29, 0.717) is 16.8 Å². The van der Waals surface area contributed by atoms with Gasteiger partial charge in [-0.25, -0.2) is 9.07 Å². The lowest BCUT2D eigenvalue weighted by molar-refractivity contribution is -0.142. The highest BCUT2D eigenvalue weighted by molar-refractivity contribution is 5.89. The largest absolute Gasteiger partial charge is 0.467 e. The van der Waals surface area contributed by atoms with Crippen molar-refractivity contribution >= 4 is 22.8 Å². The lowest BCUT2D eigenvalue weighted by Gasteiger charge is -2.31. The van der Waals surface area contributed by atoms with Crippen molar-refractivity contribution in [2.45, 2.75) is 38.0 Å². The van der Waals surface area contributed by atoms with Crippen LogP contribution >= 0.6 is 0 Å². The number of carbonyl (C=O) groups excluding carboxylic acids is 2. The van der Waals surface area contributed by atoms with E-state index in [0.717, 1.165) is 18.4 Å². The summed E-state index contributed by atoms with van der Waals surface area (Å²) >= 11 is 0. The lowest BCUT2D eigenvalue weighted by Crippen LogP contribution is -2.46. The standard InChI is InChI=1S/C24H22FN5O3/c25-17-9-7-16(8-10-17)23(24(32)26-14-19-4-3-13-33-19)30(18-11-12-18)22(31)15-29-21-6-2-1-5-20(21)27-28-29/h1-10,13,18,23H,11-12,14-15H2,(H,26,32). The summed E-state index contributed by atoms with van der Waals surface area (Å²) in [6.07, 6.45) is 3.13. The zero-order valence-electron chi connectivity index (χ0n) is 17.7. The fraction of sp³-hybridized carbons (Fsp3) is 0.250. The van der Waals surface area contributed by atoms with E-state index in [9.17, 15) is 14.0 Å². The van der Waals surface area contributed by atoms with Crippen molar-refractivity contribution in [1.82, 2.24) is 25.2 Å². The Hall–Kier alpha value is -4.01. The molecule has 0 bridgehead atoms. The number of para-hydroxylation sites is 1. The van der Waals surface area contributed by atoms with Gasteiger partial charge in [-0.05, 0) is 54.8 Å². The summed E-state index contributed by atoms with van der Waals surface area (Å²) in [4.78, 5) is 28.5. The highest BCUT2D eigenvalue weighted by Crippen LogP contribution is 2.35. The van der Waals surface area contributed by atoms with Crippen LogP contribution < -0.4 is 5.32 Å².